The second-order valence-electron chi connectivity index (χ2n) is 8.19. The number of hydrogen-bond acceptors (Lipinski definition) is 4. The molecule has 0 amide bonds. The van der Waals surface area contributed by atoms with E-state index in [9.17, 15) is 31.1 Å². The van der Waals surface area contributed by atoms with Crippen LogP contribution in [0.15, 0.2) is 48.5 Å². The van der Waals surface area contributed by atoms with Crippen molar-refractivity contribution in [3.8, 4) is 22.6 Å². The maximum absolute atomic E-state index is 13.8. The SMILES string of the molecule is COCC1CCC(C(=O)Oc2cc(OC(F)(F)C(F)C(F)(F)F)ccc2-c2ccccc2)CC1. The van der Waals surface area contributed by atoms with Gasteiger partial charge in [-0.15, -0.1) is 0 Å². The molecule has 0 radical (unpaired) electrons. The van der Waals surface area contributed by atoms with Gasteiger partial charge in [0, 0.05) is 25.3 Å². The molecule has 0 saturated heterocycles. The van der Waals surface area contributed by atoms with Crippen molar-refractivity contribution in [3.63, 3.8) is 0 Å². The van der Waals surface area contributed by atoms with Crippen molar-refractivity contribution < 1.29 is 45.3 Å². The Hall–Kier alpha value is -2.75. The fourth-order valence-electron chi connectivity index (χ4n) is 3.90. The van der Waals surface area contributed by atoms with Gasteiger partial charge in [0.1, 0.15) is 11.5 Å². The Labute approximate surface area is 192 Å². The predicted octanol–water partition coefficient (Wildman–Crippen LogP) is 6.58. The Kier molecular flexibility index (Phi) is 8.12. The molecule has 0 aliphatic heterocycles. The first-order valence-corrected chi connectivity index (χ1v) is 10.7. The molecule has 1 atom stereocenters. The van der Waals surface area contributed by atoms with Gasteiger partial charge in [-0.05, 0) is 49.3 Å². The molecular weight excluding hydrogens is 466 g/mol. The molecule has 0 N–H and O–H groups in total. The van der Waals surface area contributed by atoms with Gasteiger partial charge in [-0.2, -0.15) is 22.0 Å². The van der Waals surface area contributed by atoms with Crippen LogP contribution in [-0.2, 0) is 9.53 Å². The summed E-state index contributed by atoms with van der Waals surface area (Å²) in [5.74, 6) is -1.64. The van der Waals surface area contributed by atoms with Gasteiger partial charge in [0.05, 0.1) is 5.92 Å². The number of halogens is 6. The van der Waals surface area contributed by atoms with Gasteiger partial charge in [0.2, 0.25) is 0 Å². The Morgan fingerprint density at radius 3 is 2.24 bits per heavy atom. The van der Waals surface area contributed by atoms with Crippen molar-refractivity contribution in [2.75, 3.05) is 13.7 Å². The highest BCUT2D eigenvalue weighted by Crippen LogP contribution is 2.40. The molecule has 0 heterocycles. The maximum atomic E-state index is 13.8. The van der Waals surface area contributed by atoms with Crippen LogP contribution in [0.4, 0.5) is 26.3 Å². The number of carbonyl (C=O) groups is 1. The van der Waals surface area contributed by atoms with E-state index in [0.29, 0.717) is 36.5 Å². The average molecular weight is 490 g/mol. The van der Waals surface area contributed by atoms with Gasteiger partial charge in [-0.3, -0.25) is 4.79 Å². The Morgan fingerprint density at radius 1 is 1.00 bits per heavy atom. The van der Waals surface area contributed by atoms with E-state index < -0.39 is 36.1 Å². The number of rotatable bonds is 8. The molecule has 2 aromatic rings. The summed E-state index contributed by atoms with van der Waals surface area (Å²) in [5, 5.41) is 0. The highest BCUT2D eigenvalue weighted by Gasteiger charge is 2.59. The average Bonchev–Trinajstić information content (AvgIpc) is 2.79. The molecule has 1 saturated carbocycles. The summed E-state index contributed by atoms with van der Waals surface area (Å²) < 4.78 is 92.9. The number of esters is 1. The van der Waals surface area contributed by atoms with Crippen molar-refractivity contribution in [2.45, 2.75) is 44.1 Å². The molecule has 1 unspecified atom stereocenters. The Balaban J connectivity index is 1.84. The van der Waals surface area contributed by atoms with E-state index in [2.05, 4.69) is 4.74 Å². The fourth-order valence-corrected chi connectivity index (χ4v) is 3.90. The van der Waals surface area contributed by atoms with E-state index in [1.165, 1.54) is 6.07 Å². The van der Waals surface area contributed by atoms with Crippen LogP contribution < -0.4 is 9.47 Å². The smallest absolute Gasteiger partial charge is 0.430 e. The van der Waals surface area contributed by atoms with Crippen molar-refractivity contribution in [3.05, 3.63) is 48.5 Å². The van der Waals surface area contributed by atoms with Gasteiger partial charge < -0.3 is 14.2 Å². The zero-order valence-electron chi connectivity index (χ0n) is 18.3. The van der Waals surface area contributed by atoms with Crippen LogP contribution in [0.2, 0.25) is 0 Å². The monoisotopic (exact) mass is 490 g/mol. The number of methoxy groups -OCH3 is 1. The lowest BCUT2D eigenvalue weighted by Gasteiger charge is -2.27. The van der Waals surface area contributed by atoms with E-state index in [0.717, 1.165) is 25.0 Å². The number of alkyl halides is 6. The predicted molar refractivity (Wildman–Crippen MR) is 111 cm³/mol. The van der Waals surface area contributed by atoms with Crippen molar-refractivity contribution >= 4 is 5.97 Å². The lowest BCUT2D eigenvalue weighted by Crippen LogP contribution is -2.45. The van der Waals surface area contributed by atoms with Crippen LogP contribution in [0.1, 0.15) is 25.7 Å². The van der Waals surface area contributed by atoms with Crippen LogP contribution >= 0.6 is 0 Å². The molecular formula is C24H24F6O4. The summed E-state index contributed by atoms with van der Waals surface area (Å²) in [7, 11) is 1.60. The van der Waals surface area contributed by atoms with Gasteiger partial charge in [-0.25, -0.2) is 4.39 Å². The summed E-state index contributed by atoms with van der Waals surface area (Å²) in [4.78, 5) is 12.8. The van der Waals surface area contributed by atoms with E-state index in [1.54, 1.807) is 37.4 Å². The minimum Gasteiger partial charge on any atom is -0.430 e. The zero-order chi connectivity index (χ0) is 24.9. The number of hydrogen-bond donors (Lipinski definition) is 0. The molecule has 0 aromatic heterocycles. The minimum atomic E-state index is -5.82. The molecule has 1 aliphatic rings. The van der Waals surface area contributed by atoms with Crippen LogP contribution in [0.5, 0.6) is 11.5 Å². The standard InChI is InChI=1S/C24H24F6O4/c1-32-14-15-7-9-17(10-8-15)21(31)33-20-13-18(34-24(29,30)22(25)23(26,27)28)11-12-19(20)16-5-3-2-4-6-16/h2-6,11-13,15,17,22H,7-10,14H2,1H3. The van der Waals surface area contributed by atoms with E-state index in [4.69, 9.17) is 9.47 Å². The van der Waals surface area contributed by atoms with Crippen molar-refractivity contribution in [1.82, 2.24) is 0 Å². The number of carbonyl (C=O) groups excluding carboxylic acids is 1. The minimum absolute atomic E-state index is 0.175. The fraction of sp³-hybridized carbons (Fsp3) is 0.458. The first-order valence-electron chi connectivity index (χ1n) is 10.7. The third-order valence-corrected chi connectivity index (χ3v) is 5.67. The van der Waals surface area contributed by atoms with Crippen LogP contribution in [0.25, 0.3) is 11.1 Å². The Morgan fingerprint density at radius 2 is 1.65 bits per heavy atom. The molecule has 10 heteroatoms. The first kappa shape index (κ1) is 25.9. The topological polar surface area (TPSA) is 44.8 Å². The second kappa shape index (κ2) is 10.7. The number of ether oxygens (including phenoxy) is 3. The summed E-state index contributed by atoms with van der Waals surface area (Å²) in [6.07, 6.45) is -12.9. The Bertz CT molecular complexity index is 956. The molecule has 3 rings (SSSR count). The highest BCUT2D eigenvalue weighted by molar-refractivity contribution is 5.80. The van der Waals surface area contributed by atoms with E-state index in [-0.39, 0.29) is 5.75 Å². The van der Waals surface area contributed by atoms with Crippen molar-refractivity contribution in [2.24, 2.45) is 11.8 Å². The lowest BCUT2D eigenvalue weighted by molar-refractivity contribution is -0.304. The van der Waals surface area contributed by atoms with Gasteiger partial charge in [0.25, 0.3) is 6.17 Å². The second-order valence-corrected chi connectivity index (χ2v) is 8.19. The quantitative estimate of drug-likeness (QED) is 0.238. The third-order valence-electron chi connectivity index (χ3n) is 5.67. The molecule has 34 heavy (non-hydrogen) atoms. The maximum Gasteiger partial charge on any atom is 0.439 e. The number of benzene rings is 2. The van der Waals surface area contributed by atoms with E-state index in [1.807, 2.05) is 0 Å². The summed E-state index contributed by atoms with van der Waals surface area (Å²) in [5.41, 5.74) is 0.913. The van der Waals surface area contributed by atoms with Gasteiger partial charge in [0.15, 0.2) is 0 Å². The van der Waals surface area contributed by atoms with Crippen LogP contribution in [0.3, 0.4) is 0 Å². The van der Waals surface area contributed by atoms with Crippen molar-refractivity contribution in [1.29, 1.82) is 0 Å². The largest absolute Gasteiger partial charge is 0.439 e. The summed E-state index contributed by atoms with van der Waals surface area (Å²) >= 11 is 0. The third kappa shape index (κ3) is 6.43. The summed E-state index contributed by atoms with van der Waals surface area (Å²) in [6.45, 7) is 0.584. The molecule has 0 bridgehead atoms. The van der Waals surface area contributed by atoms with Gasteiger partial charge >= 0.3 is 18.3 Å². The van der Waals surface area contributed by atoms with Gasteiger partial charge in [-0.1, -0.05) is 30.3 Å². The molecule has 186 valence electrons. The normalized spacial score (nSPS) is 20.0. The van der Waals surface area contributed by atoms with Crippen LogP contribution in [0, 0.1) is 11.8 Å². The lowest BCUT2D eigenvalue weighted by atomic mass is 9.82. The molecule has 4 nitrogen and oxygen atoms in total. The summed E-state index contributed by atoms with van der Waals surface area (Å²) in [6, 6.07) is 11.6. The molecule has 2 aromatic carbocycles. The van der Waals surface area contributed by atoms with Crippen LogP contribution in [-0.4, -0.2) is 38.1 Å². The molecule has 0 spiro atoms. The molecule has 1 aliphatic carbocycles. The first-order chi connectivity index (χ1) is 16.0. The molecule has 1 fully saturated rings. The zero-order valence-corrected chi connectivity index (χ0v) is 18.3. The van der Waals surface area contributed by atoms with E-state index >= 15 is 0 Å². The highest BCUT2D eigenvalue weighted by atomic mass is 19.4.